The Hall–Kier alpha value is -1.25. The van der Waals surface area contributed by atoms with Gasteiger partial charge in [0.05, 0.1) is 0 Å². The quantitative estimate of drug-likeness (QED) is 0.687. The maximum absolute atomic E-state index is 6.36. The van der Waals surface area contributed by atoms with E-state index in [2.05, 4.69) is 0 Å². The van der Waals surface area contributed by atoms with Crippen molar-refractivity contribution in [2.24, 2.45) is 0 Å². The van der Waals surface area contributed by atoms with Crippen LogP contribution in [0.5, 0.6) is 0 Å². The molecule has 0 aromatic heterocycles. The molecule has 2 rings (SSSR count). The van der Waals surface area contributed by atoms with E-state index in [0.29, 0.717) is 19.8 Å². The first-order chi connectivity index (χ1) is 10.7. The van der Waals surface area contributed by atoms with Gasteiger partial charge in [-0.15, -0.1) is 0 Å². The van der Waals surface area contributed by atoms with Crippen LogP contribution in [-0.4, -0.2) is 19.8 Å². The normalized spacial score (nSPS) is 13.5. The molecule has 4 heteroatoms. The summed E-state index contributed by atoms with van der Waals surface area (Å²) in [5.41, 5.74) is 0. The molecule has 0 saturated heterocycles. The average Bonchev–Trinajstić information content (AvgIpc) is 2.57. The van der Waals surface area contributed by atoms with Gasteiger partial charge in [-0.25, -0.2) is 0 Å². The van der Waals surface area contributed by atoms with Gasteiger partial charge in [0.15, 0.2) is 0 Å². The molecule has 0 atom stereocenters. The van der Waals surface area contributed by atoms with E-state index in [1.165, 1.54) is 0 Å². The Morgan fingerprint density at radius 1 is 0.591 bits per heavy atom. The van der Waals surface area contributed by atoms with Crippen LogP contribution in [0.2, 0.25) is 0 Å². The van der Waals surface area contributed by atoms with Crippen molar-refractivity contribution in [1.82, 2.24) is 0 Å². The zero-order valence-electron chi connectivity index (χ0n) is 13.6. The fourth-order valence-electron chi connectivity index (χ4n) is 2.78. The van der Waals surface area contributed by atoms with Gasteiger partial charge in [-0.05, 0) is 0 Å². The van der Waals surface area contributed by atoms with Gasteiger partial charge in [0.1, 0.15) is 0 Å². The second-order valence-corrected chi connectivity index (χ2v) is 8.38. The summed E-state index contributed by atoms with van der Waals surface area (Å²) in [6.45, 7) is 7.48. The van der Waals surface area contributed by atoms with Crippen LogP contribution in [0.3, 0.4) is 0 Å². The first-order valence-corrected chi connectivity index (χ1v) is 9.79. The standard InChI is InChI=1S/C18H25O3P/c1-4-19-22(20-5-2,21-6-3,17-13-9-7-10-14-17)18-15-11-8-12-16-18/h7-16H,4-6H2,1-3H3. The summed E-state index contributed by atoms with van der Waals surface area (Å²) in [4.78, 5) is 0. The van der Waals surface area contributed by atoms with Crippen molar-refractivity contribution in [3.63, 3.8) is 0 Å². The second kappa shape index (κ2) is 7.34. The van der Waals surface area contributed by atoms with Crippen molar-refractivity contribution in [2.45, 2.75) is 20.8 Å². The predicted octanol–water partition coefficient (Wildman–Crippen LogP) is 4.05. The van der Waals surface area contributed by atoms with E-state index in [4.69, 9.17) is 13.6 Å². The van der Waals surface area contributed by atoms with E-state index in [9.17, 15) is 0 Å². The van der Waals surface area contributed by atoms with Crippen LogP contribution >= 0.6 is 7.28 Å². The molecule has 0 amide bonds. The average molecular weight is 320 g/mol. The van der Waals surface area contributed by atoms with Crippen LogP contribution in [-0.2, 0) is 13.6 Å². The molecule has 0 aliphatic heterocycles. The van der Waals surface area contributed by atoms with Crippen LogP contribution in [0.1, 0.15) is 20.8 Å². The van der Waals surface area contributed by atoms with Crippen molar-refractivity contribution in [2.75, 3.05) is 19.8 Å². The third-order valence-electron chi connectivity index (χ3n) is 3.49. The van der Waals surface area contributed by atoms with Crippen LogP contribution in [0.25, 0.3) is 0 Å². The Balaban J connectivity index is 2.79. The van der Waals surface area contributed by atoms with E-state index in [1.54, 1.807) is 0 Å². The second-order valence-electron chi connectivity index (χ2n) is 4.81. The summed E-state index contributed by atoms with van der Waals surface area (Å²) in [5.74, 6) is 0. The molecule has 0 aliphatic carbocycles. The topological polar surface area (TPSA) is 27.7 Å². The van der Waals surface area contributed by atoms with Crippen molar-refractivity contribution < 1.29 is 13.6 Å². The monoisotopic (exact) mass is 320 g/mol. The summed E-state index contributed by atoms with van der Waals surface area (Å²) in [6, 6.07) is 20.1. The molecular weight excluding hydrogens is 295 g/mol. The maximum atomic E-state index is 6.36. The Kier molecular flexibility index (Phi) is 5.71. The van der Waals surface area contributed by atoms with Crippen LogP contribution < -0.4 is 10.6 Å². The van der Waals surface area contributed by atoms with Gasteiger partial charge in [-0.3, -0.25) is 0 Å². The SMILES string of the molecule is CCOP(OCC)(OCC)(c1ccccc1)c1ccccc1. The Morgan fingerprint density at radius 2 is 0.909 bits per heavy atom. The Morgan fingerprint density at radius 3 is 1.18 bits per heavy atom. The first-order valence-electron chi connectivity index (χ1n) is 7.80. The Labute approximate surface area is 133 Å². The van der Waals surface area contributed by atoms with E-state index in [1.807, 2.05) is 81.4 Å². The van der Waals surface area contributed by atoms with Gasteiger partial charge >= 0.3 is 133 Å². The third-order valence-corrected chi connectivity index (χ3v) is 8.05. The molecule has 22 heavy (non-hydrogen) atoms. The minimum atomic E-state index is -3.60. The molecule has 0 radical (unpaired) electrons. The van der Waals surface area contributed by atoms with Gasteiger partial charge in [-0.2, -0.15) is 0 Å². The zero-order valence-corrected chi connectivity index (χ0v) is 14.5. The number of hydrogen-bond donors (Lipinski definition) is 0. The molecule has 0 N–H and O–H groups in total. The summed E-state index contributed by atoms with van der Waals surface area (Å²) in [7, 11) is -3.60. The molecule has 0 unspecified atom stereocenters. The molecule has 0 saturated carbocycles. The van der Waals surface area contributed by atoms with Crippen molar-refractivity contribution in [3.8, 4) is 0 Å². The predicted molar refractivity (Wildman–Crippen MR) is 94.0 cm³/mol. The van der Waals surface area contributed by atoms with Gasteiger partial charge < -0.3 is 0 Å². The molecule has 2 aromatic carbocycles. The van der Waals surface area contributed by atoms with E-state index >= 15 is 0 Å². The number of benzene rings is 2. The molecule has 120 valence electrons. The van der Waals surface area contributed by atoms with Crippen molar-refractivity contribution in [3.05, 3.63) is 60.7 Å². The van der Waals surface area contributed by atoms with Gasteiger partial charge in [0.25, 0.3) is 0 Å². The van der Waals surface area contributed by atoms with Gasteiger partial charge in [0.2, 0.25) is 0 Å². The molecular formula is C18H25O3P. The molecule has 2 aromatic rings. The van der Waals surface area contributed by atoms with Gasteiger partial charge in [0, 0.05) is 0 Å². The molecule has 3 nitrogen and oxygen atoms in total. The van der Waals surface area contributed by atoms with Crippen LogP contribution in [0, 0.1) is 0 Å². The van der Waals surface area contributed by atoms with Crippen molar-refractivity contribution >= 4 is 17.9 Å². The van der Waals surface area contributed by atoms with E-state index in [-0.39, 0.29) is 0 Å². The first kappa shape index (κ1) is 17.1. The third kappa shape index (κ3) is 2.82. The molecule has 0 fully saturated rings. The summed E-state index contributed by atoms with van der Waals surface area (Å²) in [6.07, 6.45) is 0. The fourth-order valence-corrected chi connectivity index (χ4v) is 6.98. The van der Waals surface area contributed by atoms with E-state index in [0.717, 1.165) is 10.6 Å². The molecule has 0 heterocycles. The minimum absolute atomic E-state index is 0.515. The summed E-state index contributed by atoms with van der Waals surface area (Å²) < 4.78 is 19.1. The number of hydrogen-bond acceptors (Lipinski definition) is 3. The van der Waals surface area contributed by atoms with Crippen LogP contribution in [0.15, 0.2) is 60.7 Å². The number of rotatable bonds is 8. The summed E-state index contributed by atoms with van der Waals surface area (Å²) in [5, 5.41) is 1.93. The van der Waals surface area contributed by atoms with Gasteiger partial charge in [-0.1, -0.05) is 0 Å². The summed E-state index contributed by atoms with van der Waals surface area (Å²) >= 11 is 0. The Bertz CT molecular complexity index is 508. The fraction of sp³-hybridized carbons (Fsp3) is 0.333. The van der Waals surface area contributed by atoms with Crippen LogP contribution in [0.4, 0.5) is 0 Å². The van der Waals surface area contributed by atoms with Crippen molar-refractivity contribution in [1.29, 1.82) is 0 Å². The molecule has 0 spiro atoms. The zero-order chi connectivity index (χ0) is 15.9. The molecule has 0 bridgehead atoms. The van der Waals surface area contributed by atoms with E-state index < -0.39 is 7.28 Å². The molecule has 0 aliphatic rings.